The van der Waals surface area contributed by atoms with E-state index in [9.17, 15) is 5.21 Å². The van der Waals surface area contributed by atoms with Crippen LogP contribution in [0.5, 0.6) is 0 Å². The van der Waals surface area contributed by atoms with Gasteiger partial charge in [0.05, 0.1) is 6.04 Å². The van der Waals surface area contributed by atoms with Gasteiger partial charge in [0, 0.05) is 0 Å². The summed E-state index contributed by atoms with van der Waals surface area (Å²) in [5.41, 5.74) is 15.4. The zero-order chi connectivity index (χ0) is 8.31. The van der Waals surface area contributed by atoms with E-state index in [2.05, 4.69) is 0 Å². The Balaban J connectivity index is 4.22. The summed E-state index contributed by atoms with van der Waals surface area (Å²) in [5.74, 6) is -0.131. The predicted molar refractivity (Wildman–Crippen MR) is 39.1 cm³/mol. The van der Waals surface area contributed by atoms with Crippen molar-refractivity contribution in [2.24, 2.45) is 17.2 Å². The summed E-state index contributed by atoms with van der Waals surface area (Å²) in [7, 11) is 0. The second kappa shape index (κ2) is 3.28. The van der Waals surface area contributed by atoms with Gasteiger partial charge in [0.2, 0.25) is 5.82 Å². The van der Waals surface area contributed by atoms with Gasteiger partial charge in [0.25, 0.3) is 0 Å². The van der Waals surface area contributed by atoms with Crippen LogP contribution < -0.4 is 22.3 Å². The SMILES string of the molecule is CC(C)[NH+]([O-])C(N)=C(N)N. The van der Waals surface area contributed by atoms with Crippen LogP contribution in [0.2, 0.25) is 0 Å². The highest BCUT2D eigenvalue weighted by atomic mass is 16.5. The molecular formula is C5H14N4O. The summed E-state index contributed by atoms with van der Waals surface area (Å²) in [4.78, 5) is 0. The molecule has 0 fully saturated rings. The van der Waals surface area contributed by atoms with Crippen molar-refractivity contribution in [3.63, 3.8) is 0 Å². The Morgan fingerprint density at radius 3 is 1.80 bits per heavy atom. The molecule has 0 amide bonds. The van der Waals surface area contributed by atoms with Crippen molar-refractivity contribution < 1.29 is 5.06 Å². The first kappa shape index (κ1) is 9.06. The van der Waals surface area contributed by atoms with Crippen LogP contribution in [0.1, 0.15) is 13.8 Å². The van der Waals surface area contributed by atoms with E-state index in [0.29, 0.717) is 0 Å². The van der Waals surface area contributed by atoms with Crippen LogP contribution in [0.3, 0.4) is 0 Å². The van der Waals surface area contributed by atoms with Gasteiger partial charge in [-0.15, -0.1) is 0 Å². The molecule has 0 aliphatic heterocycles. The van der Waals surface area contributed by atoms with Crippen LogP contribution >= 0.6 is 0 Å². The number of hydrogen-bond acceptors (Lipinski definition) is 4. The van der Waals surface area contributed by atoms with E-state index in [-0.39, 0.29) is 22.7 Å². The van der Waals surface area contributed by atoms with E-state index in [1.54, 1.807) is 13.8 Å². The molecule has 0 aliphatic rings. The lowest BCUT2D eigenvalue weighted by Gasteiger charge is -2.25. The van der Waals surface area contributed by atoms with Crippen molar-refractivity contribution in [1.29, 1.82) is 0 Å². The van der Waals surface area contributed by atoms with Gasteiger partial charge in [0.15, 0.2) is 5.82 Å². The highest BCUT2D eigenvalue weighted by Crippen LogP contribution is 1.74. The smallest absolute Gasteiger partial charge is 0.237 e. The van der Waals surface area contributed by atoms with Crippen molar-refractivity contribution in [3.05, 3.63) is 16.8 Å². The largest absolute Gasteiger partial charge is 0.627 e. The molecule has 0 heterocycles. The van der Waals surface area contributed by atoms with E-state index in [0.717, 1.165) is 0 Å². The van der Waals surface area contributed by atoms with Crippen LogP contribution in [0.25, 0.3) is 0 Å². The third kappa shape index (κ3) is 2.12. The van der Waals surface area contributed by atoms with Crippen molar-refractivity contribution in [3.8, 4) is 0 Å². The van der Waals surface area contributed by atoms with E-state index >= 15 is 0 Å². The Hall–Kier alpha value is -0.940. The van der Waals surface area contributed by atoms with Gasteiger partial charge in [0.1, 0.15) is 0 Å². The summed E-state index contributed by atoms with van der Waals surface area (Å²) in [6, 6.07) is -0.151. The van der Waals surface area contributed by atoms with E-state index in [1.807, 2.05) is 0 Å². The van der Waals surface area contributed by atoms with Crippen LogP contribution in [0.15, 0.2) is 11.6 Å². The van der Waals surface area contributed by atoms with Crippen molar-refractivity contribution in [2.45, 2.75) is 19.9 Å². The predicted octanol–water partition coefficient (Wildman–Crippen LogP) is -2.22. The number of rotatable bonds is 2. The lowest BCUT2D eigenvalue weighted by Crippen LogP contribution is -3.10. The molecule has 0 aromatic rings. The molecule has 1 atom stereocenters. The first-order valence-corrected chi connectivity index (χ1v) is 3.01. The van der Waals surface area contributed by atoms with Gasteiger partial charge in [-0.3, -0.25) is 0 Å². The minimum Gasteiger partial charge on any atom is -0.627 e. The fourth-order valence-electron chi connectivity index (χ4n) is 0.453. The Labute approximate surface area is 60.0 Å². The van der Waals surface area contributed by atoms with Crippen molar-refractivity contribution in [1.82, 2.24) is 0 Å². The van der Waals surface area contributed by atoms with E-state index < -0.39 is 0 Å². The fraction of sp³-hybridized carbons (Fsp3) is 0.600. The molecule has 7 N–H and O–H groups in total. The summed E-state index contributed by atoms with van der Waals surface area (Å²) in [6.07, 6.45) is 0. The second-order valence-corrected chi connectivity index (χ2v) is 2.39. The molecule has 10 heavy (non-hydrogen) atoms. The topological polar surface area (TPSA) is 106 Å². The molecule has 0 saturated carbocycles. The van der Waals surface area contributed by atoms with Gasteiger partial charge < -0.3 is 27.5 Å². The quantitative estimate of drug-likeness (QED) is 0.331. The number of hydroxylamine groups is 2. The molecule has 0 bridgehead atoms. The van der Waals surface area contributed by atoms with Gasteiger partial charge in [-0.05, 0) is 13.8 Å². The lowest BCUT2D eigenvalue weighted by molar-refractivity contribution is -0.832. The molecule has 1 unspecified atom stereocenters. The third-order valence-electron chi connectivity index (χ3n) is 1.10. The van der Waals surface area contributed by atoms with Crippen LogP contribution in [-0.2, 0) is 0 Å². The molecular weight excluding hydrogens is 132 g/mol. The molecule has 0 saturated heterocycles. The van der Waals surface area contributed by atoms with Gasteiger partial charge >= 0.3 is 0 Å². The molecule has 0 rings (SSSR count). The Bertz CT molecular complexity index is 139. The maximum atomic E-state index is 10.9. The van der Waals surface area contributed by atoms with Crippen molar-refractivity contribution >= 4 is 0 Å². The maximum Gasteiger partial charge on any atom is 0.237 e. The Kier molecular flexibility index (Phi) is 2.98. The first-order chi connectivity index (χ1) is 4.46. The molecule has 0 spiro atoms. The van der Waals surface area contributed by atoms with Gasteiger partial charge in [-0.2, -0.15) is 0 Å². The highest BCUT2D eigenvalue weighted by molar-refractivity contribution is 4.93. The highest BCUT2D eigenvalue weighted by Gasteiger charge is 2.08. The molecule has 60 valence electrons. The Morgan fingerprint density at radius 2 is 1.70 bits per heavy atom. The monoisotopic (exact) mass is 146 g/mol. The standard InChI is InChI=1S/C5H14N4O/c1-3(2)9(10)5(8)4(6)7/h3,9H,6-8H2,1-2H3. The zero-order valence-electron chi connectivity index (χ0n) is 6.22. The third-order valence-corrected chi connectivity index (χ3v) is 1.10. The average Bonchev–Trinajstić information content (AvgIpc) is 1.84. The first-order valence-electron chi connectivity index (χ1n) is 3.01. The molecule has 5 heteroatoms. The normalized spacial score (nSPS) is 13.2. The fourth-order valence-corrected chi connectivity index (χ4v) is 0.453. The van der Waals surface area contributed by atoms with Crippen LogP contribution in [-0.4, -0.2) is 6.04 Å². The number of quaternary nitrogens is 1. The number of nitrogens with one attached hydrogen (secondary N) is 1. The second-order valence-electron chi connectivity index (χ2n) is 2.39. The summed E-state index contributed by atoms with van der Waals surface area (Å²) in [5, 5.41) is 10.7. The van der Waals surface area contributed by atoms with Crippen LogP contribution in [0, 0.1) is 5.21 Å². The van der Waals surface area contributed by atoms with Crippen molar-refractivity contribution in [2.75, 3.05) is 0 Å². The van der Waals surface area contributed by atoms with E-state index in [1.165, 1.54) is 0 Å². The molecule has 0 aromatic heterocycles. The summed E-state index contributed by atoms with van der Waals surface area (Å²) < 4.78 is 0. The average molecular weight is 146 g/mol. The minimum absolute atomic E-state index is 0.0324. The molecule has 0 aromatic carbocycles. The minimum atomic E-state index is -0.208. The summed E-state index contributed by atoms with van der Waals surface area (Å²) >= 11 is 0. The van der Waals surface area contributed by atoms with Gasteiger partial charge in [-0.1, -0.05) is 0 Å². The maximum absolute atomic E-state index is 10.9. The molecule has 0 aliphatic carbocycles. The lowest BCUT2D eigenvalue weighted by atomic mass is 10.4. The van der Waals surface area contributed by atoms with Gasteiger partial charge in [-0.25, -0.2) is 0 Å². The summed E-state index contributed by atoms with van der Waals surface area (Å²) in [6.45, 7) is 3.47. The molecule has 5 nitrogen and oxygen atoms in total. The number of nitrogens with two attached hydrogens (primary N) is 3. The number of hydrogen-bond donors (Lipinski definition) is 4. The Morgan fingerprint density at radius 1 is 1.30 bits per heavy atom. The van der Waals surface area contributed by atoms with E-state index in [4.69, 9.17) is 17.2 Å². The zero-order valence-corrected chi connectivity index (χ0v) is 6.22. The molecule has 0 radical (unpaired) electrons. The van der Waals surface area contributed by atoms with Crippen LogP contribution in [0.4, 0.5) is 0 Å².